The van der Waals surface area contributed by atoms with E-state index in [-0.39, 0.29) is 37.2 Å². The van der Waals surface area contributed by atoms with Crippen molar-refractivity contribution in [3.63, 3.8) is 0 Å². The lowest BCUT2D eigenvalue weighted by Gasteiger charge is -2.52. The molecule has 0 radical (unpaired) electrons. The Labute approximate surface area is 287 Å². The van der Waals surface area contributed by atoms with Crippen LogP contribution in [0, 0.1) is 135 Å². The predicted octanol–water partition coefficient (Wildman–Crippen LogP) is 3.84. The third kappa shape index (κ3) is 3.25. The Kier molecular flexibility index (Phi) is 5.86. The minimum atomic E-state index is -1.84. The molecular weight excluding hydrogens is 624 g/mol. The smallest absolute Gasteiger partial charge is 0.179 e. The minimum absolute atomic E-state index is 0.0101. The van der Waals surface area contributed by atoms with E-state index in [0.717, 1.165) is 22.3 Å². The highest BCUT2D eigenvalue weighted by Gasteiger charge is 2.68. The standard InChI is InChI=1S/C40H24N8O2/c41-15-35(16-42)7-23-3-27-11-39(12-28(27)4-24(23)8-36(35,17-43)18-44)31-1-2-32(34(39)50)40(33(31)49)13-29-5-25-9-37(19-45,20-46)38(21-47,22-48)10-26(25)6-30(29)14-40/h1-6,31-32H,7-14H2. The maximum Gasteiger partial charge on any atom is 0.179 e. The van der Waals surface area contributed by atoms with Gasteiger partial charge in [0.25, 0.3) is 0 Å². The van der Waals surface area contributed by atoms with E-state index in [9.17, 15) is 51.7 Å². The average molecular weight is 649 g/mol. The number of fused-ring (bicyclic) bond motifs is 4. The molecule has 10 nitrogen and oxygen atoms in total. The highest BCUT2D eigenvalue weighted by molar-refractivity contribution is 6.09. The number of hydrogen-bond acceptors (Lipinski definition) is 10. The van der Waals surface area contributed by atoms with Crippen molar-refractivity contribution in [1.29, 1.82) is 42.1 Å². The van der Waals surface area contributed by atoms with E-state index in [1.807, 2.05) is 85.0 Å². The summed E-state index contributed by atoms with van der Waals surface area (Å²) in [5, 5.41) is 80.0. The maximum atomic E-state index is 14.7. The second-order valence-corrected chi connectivity index (χ2v) is 15.1. The van der Waals surface area contributed by atoms with Gasteiger partial charge in [-0.1, -0.05) is 36.4 Å². The van der Waals surface area contributed by atoms with Crippen molar-refractivity contribution in [2.75, 3.05) is 0 Å². The van der Waals surface area contributed by atoms with Crippen molar-refractivity contribution in [3.8, 4) is 48.6 Å². The number of hydrogen-bond donors (Lipinski definition) is 0. The van der Waals surface area contributed by atoms with Crippen LogP contribution in [-0.4, -0.2) is 11.6 Å². The molecular formula is C40H24N8O2. The molecule has 0 amide bonds. The Bertz CT molecular complexity index is 2070. The Hall–Kier alpha value is -6.56. The predicted molar refractivity (Wildman–Crippen MR) is 168 cm³/mol. The largest absolute Gasteiger partial charge is 0.298 e. The molecule has 9 rings (SSSR count). The molecule has 2 spiro atoms. The molecule has 236 valence electrons. The van der Waals surface area contributed by atoms with Crippen LogP contribution >= 0.6 is 0 Å². The lowest BCUT2D eigenvalue weighted by Crippen LogP contribution is -2.62. The van der Waals surface area contributed by atoms with E-state index in [1.165, 1.54) is 0 Å². The molecule has 0 saturated heterocycles. The van der Waals surface area contributed by atoms with Crippen LogP contribution in [-0.2, 0) is 61.0 Å². The van der Waals surface area contributed by atoms with Gasteiger partial charge in [-0.15, -0.1) is 0 Å². The van der Waals surface area contributed by atoms with Crippen LogP contribution in [0.5, 0.6) is 0 Å². The second-order valence-electron chi connectivity index (χ2n) is 15.1. The normalized spacial score (nSPS) is 26.2. The summed E-state index contributed by atoms with van der Waals surface area (Å²) in [5.41, 5.74) is -3.12. The van der Waals surface area contributed by atoms with E-state index >= 15 is 0 Å². The molecule has 2 unspecified atom stereocenters. The first-order chi connectivity index (χ1) is 24.0. The van der Waals surface area contributed by atoms with Crippen LogP contribution < -0.4 is 0 Å². The number of rotatable bonds is 0. The molecule has 2 atom stereocenters. The molecule has 2 aromatic rings. The zero-order chi connectivity index (χ0) is 35.5. The summed E-state index contributed by atoms with van der Waals surface area (Å²) in [6, 6.07) is 23.3. The van der Waals surface area contributed by atoms with E-state index in [0.29, 0.717) is 47.9 Å². The van der Waals surface area contributed by atoms with E-state index in [2.05, 4.69) is 0 Å². The van der Waals surface area contributed by atoms with Crippen molar-refractivity contribution < 1.29 is 9.59 Å². The number of Topliss-reactive ketones (excluding diaryl/α,β-unsaturated/α-hetero) is 2. The topological polar surface area (TPSA) is 224 Å². The van der Waals surface area contributed by atoms with Crippen molar-refractivity contribution in [2.24, 2.45) is 44.3 Å². The van der Waals surface area contributed by atoms with Crippen LogP contribution in [0.3, 0.4) is 0 Å². The fraction of sp³-hybridized carbons (Fsp3) is 0.400. The molecule has 0 heterocycles. The summed E-state index contributed by atoms with van der Waals surface area (Å²) in [6.45, 7) is 0. The maximum absolute atomic E-state index is 14.7. The Morgan fingerprint density at radius 2 is 0.580 bits per heavy atom. The lowest BCUT2D eigenvalue weighted by molar-refractivity contribution is -0.159. The van der Waals surface area contributed by atoms with E-state index in [4.69, 9.17) is 0 Å². The second kappa shape index (κ2) is 9.53. The fourth-order valence-electron chi connectivity index (χ4n) is 10.3. The third-order valence-electron chi connectivity index (χ3n) is 13.1. The number of carbonyl (C=O) groups is 2. The first kappa shape index (κ1) is 30.8. The highest BCUT2D eigenvalue weighted by atomic mass is 16.1. The van der Waals surface area contributed by atoms with E-state index < -0.39 is 44.3 Å². The summed E-state index contributed by atoms with van der Waals surface area (Å²) in [5.74, 6) is -1.39. The summed E-state index contributed by atoms with van der Waals surface area (Å²) < 4.78 is 0. The zero-order valence-electron chi connectivity index (χ0n) is 26.7. The monoisotopic (exact) mass is 648 g/mol. The minimum Gasteiger partial charge on any atom is -0.298 e. The van der Waals surface area contributed by atoms with Crippen molar-refractivity contribution in [2.45, 2.75) is 51.4 Å². The summed E-state index contributed by atoms with van der Waals surface area (Å²) >= 11 is 0. The molecule has 1 fully saturated rings. The van der Waals surface area contributed by atoms with Crippen molar-refractivity contribution >= 4 is 11.6 Å². The highest BCUT2D eigenvalue weighted by Crippen LogP contribution is 2.62. The molecule has 10 heteroatoms. The summed E-state index contributed by atoms with van der Waals surface area (Å²) in [6.07, 6.45) is 4.68. The average Bonchev–Trinajstić information content (AvgIpc) is 3.69. The molecule has 0 aliphatic heterocycles. The van der Waals surface area contributed by atoms with Gasteiger partial charge in [0.15, 0.2) is 21.7 Å². The number of nitrogens with zero attached hydrogens (tertiary/aromatic N) is 8. The van der Waals surface area contributed by atoms with Crippen molar-refractivity contribution in [1.82, 2.24) is 0 Å². The SMILES string of the molecule is N#CC1(C#N)Cc2cc3c(cc2CC1(C#N)C#N)CC1(C3)C(=O)C2C=CC1C(=O)C21Cc2cc3c(cc2C1)CC(C#N)(C#N)C(C#N)(C#N)C3. The molecule has 50 heavy (non-hydrogen) atoms. The van der Waals surface area contributed by atoms with Gasteiger partial charge in [-0.05, 0) is 70.2 Å². The molecule has 2 bridgehead atoms. The lowest BCUT2D eigenvalue weighted by atomic mass is 9.47. The van der Waals surface area contributed by atoms with Crippen LogP contribution in [0.1, 0.15) is 44.5 Å². The Morgan fingerprint density at radius 3 is 0.780 bits per heavy atom. The number of carbonyl (C=O) groups excluding carboxylic acids is 2. The zero-order valence-corrected chi connectivity index (χ0v) is 26.7. The van der Waals surface area contributed by atoms with Gasteiger partial charge in [-0.25, -0.2) is 0 Å². The van der Waals surface area contributed by atoms with Gasteiger partial charge in [-0.3, -0.25) is 9.59 Å². The third-order valence-corrected chi connectivity index (χ3v) is 13.1. The quantitative estimate of drug-likeness (QED) is 0.375. The molecule has 7 aliphatic carbocycles. The number of allylic oxidation sites excluding steroid dienone is 2. The molecule has 0 aromatic heterocycles. The Balaban J connectivity index is 1.13. The first-order valence-electron chi connectivity index (χ1n) is 16.3. The molecule has 1 saturated carbocycles. The first-order valence-corrected chi connectivity index (χ1v) is 16.3. The number of ketones is 2. The van der Waals surface area contributed by atoms with Crippen LogP contribution in [0.25, 0.3) is 0 Å². The molecule has 2 aromatic carbocycles. The fourth-order valence-corrected chi connectivity index (χ4v) is 10.3. The van der Waals surface area contributed by atoms with E-state index in [1.54, 1.807) is 0 Å². The Morgan fingerprint density at radius 1 is 0.380 bits per heavy atom. The molecule has 7 aliphatic rings. The van der Waals surface area contributed by atoms with Gasteiger partial charge in [0.1, 0.15) is 11.6 Å². The van der Waals surface area contributed by atoms with Crippen LogP contribution in [0.15, 0.2) is 36.4 Å². The van der Waals surface area contributed by atoms with Gasteiger partial charge < -0.3 is 0 Å². The van der Waals surface area contributed by atoms with Crippen LogP contribution in [0.4, 0.5) is 0 Å². The van der Waals surface area contributed by atoms with Crippen LogP contribution in [0.2, 0.25) is 0 Å². The summed E-state index contributed by atoms with van der Waals surface area (Å²) in [4.78, 5) is 29.4. The van der Waals surface area contributed by atoms with Gasteiger partial charge in [-0.2, -0.15) is 42.1 Å². The van der Waals surface area contributed by atoms with Gasteiger partial charge in [0, 0.05) is 37.5 Å². The number of benzene rings is 2. The van der Waals surface area contributed by atoms with Gasteiger partial charge >= 0.3 is 0 Å². The molecule has 0 N–H and O–H groups in total. The van der Waals surface area contributed by atoms with Crippen molar-refractivity contribution in [3.05, 3.63) is 80.9 Å². The van der Waals surface area contributed by atoms with Gasteiger partial charge in [0.05, 0.1) is 59.4 Å². The van der Waals surface area contributed by atoms with Gasteiger partial charge in [0.2, 0.25) is 0 Å². The summed E-state index contributed by atoms with van der Waals surface area (Å²) in [7, 11) is 0. The number of nitriles is 8.